The van der Waals surface area contributed by atoms with Gasteiger partial charge in [0.2, 0.25) is 23.6 Å². The number of urea groups is 1. The highest BCUT2D eigenvalue weighted by molar-refractivity contribution is 6.03. The number of benzene rings is 4. The predicted molar refractivity (Wildman–Crippen MR) is 381 cm³/mol. The first-order valence-corrected chi connectivity index (χ1v) is 36.0. The number of carbonyl (C=O) groups is 13. The minimum absolute atomic E-state index is 0.00645. The van der Waals surface area contributed by atoms with Crippen molar-refractivity contribution in [1.82, 2.24) is 20.9 Å². The van der Waals surface area contributed by atoms with Crippen LogP contribution in [0.15, 0.2) is 126 Å². The zero-order valence-electron chi connectivity index (χ0n) is 61.2. The standard InChI is InChI=1S/C79H96N6O21/c1-44(2)63(83-60(91)30-20-13-21-36-85-61(92)37-45(3)72(85)96)56(88)38-53(29-22-35-81-74(80)98)71(95)82-55-33-31-49(32-34-55)42-101-75(99)104-65(64(50-23-14-10-15-24-50)84-70(94)51-25-16-11-17-26-51)57(89)39-54-41-79(100)69(105-73(97)52-27-18-12-19-28-52)67-77(9,58(90)40-59-78(67,43-102-59)106-48(6)87)68(93)66(103-47(5)86)62(46(54)4)76(79,7)8/h10-12,14-19,23-28,31-34,44-45,53-54,58-59,63-67,69,90,100H,13,20-22,29-30,35-43H2,1-9H3,(H,82,95)(H,83,91)(H,84,94)(H3,80,81,98)/t45?,53-,54-,58-,59+,63+,64-,65-,66+,67-,69-,77+,78-,79+/m1/s1. The summed E-state index contributed by atoms with van der Waals surface area (Å²) in [5, 5.41) is 37.7. The first-order chi connectivity index (χ1) is 50.2. The number of aliphatic hydroxyl groups excluding tert-OH is 1. The van der Waals surface area contributed by atoms with Crippen LogP contribution in [-0.2, 0) is 78.2 Å². The van der Waals surface area contributed by atoms with Crippen LogP contribution in [0.3, 0.4) is 0 Å². The smallest absolute Gasteiger partial charge is 0.455 e. The molecular weight excluding hydrogens is 1370 g/mol. The number of ketones is 3. The minimum atomic E-state index is -2.45. The number of Topliss-reactive ketones (excluding diaryl/α,β-unsaturated/α-hetero) is 3. The molecule has 14 atom stereocenters. The Morgan fingerprint density at radius 1 is 0.774 bits per heavy atom. The third-order valence-electron chi connectivity index (χ3n) is 21.7. The Morgan fingerprint density at radius 2 is 1.42 bits per heavy atom. The number of aliphatic hydroxyl groups is 2. The molecule has 2 heterocycles. The molecule has 9 rings (SSSR count). The van der Waals surface area contributed by atoms with Crippen LogP contribution in [0.4, 0.5) is 15.3 Å². The number of nitrogens with one attached hydrogen (secondary N) is 4. The molecular formula is C79H96N6O21. The van der Waals surface area contributed by atoms with Crippen LogP contribution in [0.2, 0.25) is 0 Å². The van der Waals surface area contributed by atoms with Crippen LogP contribution in [0, 0.1) is 40.4 Å². The quantitative estimate of drug-likeness (QED) is 0.00829. The van der Waals surface area contributed by atoms with Crippen LogP contribution in [0.1, 0.15) is 171 Å². The number of hydrogen-bond donors (Lipinski definition) is 7. The number of rotatable bonds is 31. The summed E-state index contributed by atoms with van der Waals surface area (Å²) in [5.41, 5.74) is -1.51. The highest BCUT2D eigenvalue weighted by atomic mass is 16.7. The molecule has 3 aliphatic carbocycles. The lowest BCUT2D eigenvalue weighted by molar-refractivity contribution is -0.345. The molecule has 4 aromatic rings. The lowest BCUT2D eigenvalue weighted by atomic mass is 9.44. The van der Waals surface area contributed by atoms with Gasteiger partial charge in [0.05, 0.1) is 41.7 Å². The fraction of sp³-hybridized carbons (Fsp3) is 0.506. The van der Waals surface area contributed by atoms with Gasteiger partial charge in [-0.2, -0.15) is 0 Å². The number of primary amides is 1. The van der Waals surface area contributed by atoms with Crippen LogP contribution >= 0.6 is 0 Å². The third kappa shape index (κ3) is 17.6. The van der Waals surface area contributed by atoms with Gasteiger partial charge in [-0.3, -0.25) is 52.8 Å². The molecule has 2 saturated carbocycles. The number of carbonyl (C=O) groups excluding carboxylic acids is 13. The van der Waals surface area contributed by atoms with Crippen molar-refractivity contribution < 1.29 is 101 Å². The van der Waals surface area contributed by atoms with Gasteiger partial charge in [0.1, 0.15) is 24.4 Å². The molecule has 2 bridgehead atoms. The van der Waals surface area contributed by atoms with Crippen LogP contribution in [-0.4, -0.2) is 160 Å². The molecule has 1 unspecified atom stereocenters. The van der Waals surface area contributed by atoms with Crippen molar-refractivity contribution in [2.45, 2.75) is 193 Å². The summed E-state index contributed by atoms with van der Waals surface area (Å²) in [6, 6.07) is 26.8. The number of amides is 7. The molecule has 27 nitrogen and oxygen atoms in total. The van der Waals surface area contributed by atoms with Crippen molar-refractivity contribution in [2.24, 2.45) is 46.2 Å². The zero-order chi connectivity index (χ0) is 77.2. The van der Waals surface area contributed by atoms with E-state index in [0.717, 1.165) is 13.8 Å². The van der Waals surface area contributed by atoms with Crippen LogP contribution < -0.4 is 27.0 Å². The maximum absolute atomic E-state index is 16.0. The SMILES string of the molecule is CC(=O)O[C@@H]1C(=O)[C@@]2(C)[C@H](O)C[C@@H]3OC[C@]3(OC(C)=O)[C@@H]2[C@@H](OC(=O)c2ccccc2)[C@@]2(O)C[C@@H](CC(=O)[C@@H](OC(=O)OCc3ccc(NC(=O)[C@H](CCCNC(N)=O)CC(=O)[C@@H](NC(=O)CCCCCN4C(=O)CC(C)C4=O)C(C)C)cc3)[C@H](NC(=O)c3ccccc3)c3ccccc3)C(C)=C1C2(C)C. The lowest BCUT2D eigenvalue weighted by Crippen LogP contribution is -2.81. The normalized spacial score (nSPS) is 25.4. The van der Waals surface area contributed by atoms with Crippen molar-refractivity contribution in [2.75, 3.05) is 25.0 Å². The first-order valence-electron chi connectivity index (χ1n) is 36.0. The van der Waals surface area contributed by atoms with Gasteiger partial charge in [0, 0.05) is 87.5 Å². The monoisotopic (exact) mass is 1460 g/mol. The predicted octanol–water partition coefficient (Wildman–Crippen LogP) is 7.82. The number of allylic oxidation sites excluding steroid dienone is 1. The fourth-order valence-electron chi connectivity index (χ4n) is 15.9. The number of fused-ring (bicyclic) bond motifs is 5. The number of anilines is 1. The van der Waals surface area contributed by atoms with Crippen LogP contribution in [0.5, 0.6) is 0 Å². The summed E-state index contributed by atoms with van der Waals surface area (Å²) in [5.74, 6) is -11.5. The Balaban J connectivity index is 0.977. The second-order valence-electron chi connectivity index (χ2n) is 29.5. The number of likely N-dealkylation sites (tertiary alicyclic amines) is 1. The number of hydrogen-bond acceptors (Lipinski definition) is 21. The van der Waals surface area contributed by atoms with Crippen molar-refractivity contribution >= 4 is 82.7 Å². The summed E-state index contributed by atoms with van der Waals surface area (Å²) in [4.78, 5) is 181. The molecule has 568 valence electrons. The summed E-state index contributed by atoms with van der Waals surface area (Å²) < 4.78 is 36.6. The van der Waals surface area contributed by atoms with E-state index in [9.17, 15) is 63.0 Å². The van der Waals surface area contributed by atoms with Gasteiger partial charge >= 0.3 is 30.1 Å². The topological polar surface area (TPSA) is 395 Å². The maximum atomic E-state index is 16.0. The maximum Gasteiger partial charge on any atom is 0.509 e. The Bertz CT molecular complexity index is 4000. The molecule has 106 heavy (non-hydrogen) atoms. The molecule has 27 heteroatoms. The van der Waals surface area contributed by atoms with Gasteiger partial charge < -0.3 is 65.6 Å². The number of nitrogens with zero attached hydrogens (tertiary/aromatic N) is 1. The van der Waals surface area contributed by atoms with E-state index in [1.54, 1.807) is 108 Å². The van der Waals surface area contributed by atoms with E-state index in [2.05, 4.69) is 21.3 Å². The lowest BCUT2D eigenvalue weighted by Gasteiger charge is -2.67. The first kappa shape index (κ1) is 80.1. The van der Waals surface area contributed by atoms with Gasteiger partial charge in [-0.25, -0.2) is 14.4 Å². The van der Waals surface area contributed by atoms with Gasteiger partial charge in [0.15, 0.2) is 35.2 Å². The number of esters is 3. The number of nitrogens with two attached hydrogens (primary N) is 1. The van der Waals surface area contributed by atoms with Crippen molar-refractivity contribution in [3.05, 3.63) is 149 Å². The van der Waals surface area contributed by atoms with E-state index >= 15 is 9.59 Å². The average molecular weight is 1470 g/mol. The summed E-state index contributed by atoms with van der Waals surface area (Å²) in [6.45, 7) is 13.1. The van der Waals surface area contributed by atoms with Gasteiger partial charge in [-0.1, -0.05) is 125 Å². The van der Waals surface area contributed by atoms with Crippen molar-refractivity contribution in [1.29, 1.82) is 0 Å². The van der Waals surface area contributed by atoms with Gasteiger partial charge in [0.25, 0.3) is 5.91 Å². The molecule has 0 aromatic heterocycles. The third-order valence-corrected chi connectivity index (χ3v) is 21.7. The second-order valence-corrected chi connectivity index (χ2v) is 29.5. The minimum Gasteiger partial charge on any atom is -0.455 e. The average Bonchev–Trinajstić information content (AvgIpc) is 0.683. The number of imide groups is 1. The van der Waals surface area contributed by atoms with Crippen molar-refractivity contribution in [3.63, 3.8) is 0 Å². The Labute approximate surface area is 615 Å². The van der Waals surface area contributed by atoms with E-state index in [-0.39, 0.29) is 116 Å². The van der Waals surface area contributed by atoms with E-state index in [4.69, 9.17) is 34.2 Å². The Kier molecular flexibility index (Phi) is 25.7. The van der Waals surface area contributed by atoms with E-state index < -0.39 is 161 Å². The van der Waals surface area contributed by atoms with Gasteiger partial charge in [-0.05, 0) is 111 Å². The summed E-state index contributed by atoms with van der Waals surface area (Å²) >= 11 is 0. The highest BCUT2D eigenvalue weighted by Crippen LogP contribution is 2.65. The fourth-order valence-corrected chi connectivity index (χ4v) is 15.9. The van der Waals surface area contributed by atoms with Gasteiger partial charge in [-0.15, -0.1) is 0 Å². The summed E-state index contributed by atoms with van der Waals surface area (Å²) in [6.07, 6.45) is -9.40. The summed E-state index contributed by atoms with van der Waals surface area (Å²) in [7, 11) is 0. The zero-order valence-corrected chi connectivity index (χ0v) is 61.2. The molecule has 2 saturated heterocycles. The molecule has 7 amide bonds. The Hall–Kier alpha value is -9.99. The van der Waals surface area contributed by atoms with Crippen LogP contribution in [0.25, 0.3) is 0 Å². The van der Waals surface area contributed by atoms with E-state index in [1.807, 2.05) is 0 Å². The molecule has 2 aliphatic heterocycles. The largest absolute Gasteiger partial charge is 0.509 e. The van der Waals surface area contributed by atoms with E-state index in [0.29, 0.717) is 30.4 Å². The van der Waals surface area contributed by atoms with E-state index in [1.165, 1.54) is 60.4 Å². The molecule has 4 aromatic carbocycles. The second kappa shape index (κ2) is 34.1. The molecule has 5 aliphatic rings. The molecule has 0 radical (unpaired) electrons. The molecule has 0 spiro atoms. The van der Waals surface area contributed by atoms with Crippen molar-refractivity contribution in [3.8, 4) is 0 Å². The molecule has 8 N–H and O–H groups in total. The number of unbranched alkanes of at least 4 members (excludes halogenated alkanes) is 2. The number of ether oxygens (including phenoxy) is 6. The Morgan fingerprint density at radius 3 is 2.00 bits per heavy atom. The molecule has 4 fully saturated rings. The highest BCUT2D eigenvalue weighted by Gasteiger charge is 2.78.